The number of hydrogen-bond donors (Lipinski definition) is 0. The number of nitriles is 2. The standard InChI is InChI=1S/C24H18N4O2/c1-17-11-21(29-15-25)7-9-23(17)27-13-19-3-5-20(6-4-19)14-28-24-10-8-22(30-16-26)12-18(24)2/h3-14H,1-2H3/b27-13+,28-14+. The second-order valence-corrected chi connectivity index (χ2v) is 6.47. The minimum Gasteiger partial charge on any atom is -0.388 e. The van der Waals surface area contributed by atoms with E-state index in [1.54, 1.807) is 49.2 Å². The van der Waals surface area contributed by atoms with Crippen LogP contribution in [0.3, 0.4) is 0 Å². The molecule has 0 amide bonds. The summed E-state index contributed by atoms with van der Waals surface area (Å²) in [5.41, 5.74) is 5.38. The maximum absolute atomic E-state index is 8.57. The average Bonchev–Trinajstić information content (AvgIpc) is 2.74. The van der Waals surface area contributed by atoms with Gasteiger partial charge in [0, 0.05) is 12.4 Å². The van der Waals surface area contributed by atoms with Gasteiger partial charge in [0.1, 0.15) is 11.5 Å². The van der Waals surface area contributed by atoms with Crippen LogP contribution in [0.1, 0.15) is 22.3 Å². The summed E-state index contributed by atoms with van der Waals surface area (Å²) in [4.78, 5) is 9.01. The van der Waals surface area contributed by atoms with Crippen molar-refractivity contribution in [3.05, 3.63) is 82.9 Å². The summed E-state index contributed by atoms with van der Waals surface area (Å²) >= 11 is 0. The number of ether oxygens (including phenoxy) is 2. The smallest absolute Gasteiger partial charge is 0.292 e. The fraction of sp³-hybridized carbons (Fsp3) is 0.0833. The van der Waals surface area contributed by atoms with E-state index in [-0.39, 0.29) is 0 Å². The van der Waals surface area contributed by atoms with Crippen LogP contribution < -0.4 is 9.47 Å². The van der Waals surface area contributed by atoms with E-state index in [1.165, 1.54) is 0 Å². The van der Waals surface area contributed by atoms with Crippen molar-refractivity contribution < 1.29 is 9.47 Å². The molecule has 0 unspecified atom stereocenters. The molecule has 30 heavy (non-hydrogen) atoms. The highest BCUT2D eigenvalue weighted by Gasteiger charge is 2.01. The monoisotopic (exact) mass is 394 g/mol. The van der Waals surface area contributed by atoms with Crippen molar-refractivity contribution in [1.29, 1.82) is 10.5 Å². The molecular weight excluding hydrogens is 376 g/mol. The summed E-state index contributed by atoms with van der Waals surface area (Å²) in [7, 11) is 0. The van der Waals surface area contributed by atoms with Crippen LogP contribution in [0.2, 0.25) is 0 Å². The highest BCUT2D eigenvalue weighted by Crippen LogP contribution is 2.25. The van der Waals surface area contributed by atoms with Gasteiger partial charge in [0.25, 0.3) is 12.5 Å². The van der Waals surface area contributed by atoms with E-state index >= 15 is 0 Å². The summed E-state index contributed by atoms with van der Waals surface area (Å²) in [6.45, 7) is 3.83. The lowest BCUT2D eigenvalue weighted by Gasteiger charge is -2.03. The van der Waals surface area contributed by atoms with Crippen molar-refractivity contribution in [3.63, 3.8) is 0 Å². The lowest BCUT2D eigenvalue weighted by atomic mass is 10.1. The van der Waals surface area contributed by atoms with E-state index < -0.39 is 0 Å². The minimum absolute atomic E-state index is 0.500. The second kappa shape index (κ2) is 9.68. The Kier molecular flexibility index (Phi) is 6.55. The molecule has 3 aromatic rings. The summed E-state index contributed by atoms with van der Waals surface area (Å²) < 4.78 is 9.64. The molecule has 0 fully saturated rings. The maximum Gasteiger partial charge on any atom is 0.292 e. The first kappa shape index (κ1) is 20.3. The second-order valence-electron chi connectivity index (χ2n) is 6.47. The molecule has 0 radical (unpaired) electrons. The number of hydrogen-bond acceptors (Lipinski definition) is 6. The van der Waals surface area contributed by atoms with Crippen LogP contribution in [0, 0.1) is 36.9 Å². The molecule has 0 aliphatic rings. The van der Waals surface area contributed by atoms with Gasteiger partial charge in [0.2, 0.25) is 0 Å². The van der Waals surface area contributed by atoms with Crippen LogP contribution in [-0.4, -0.2) is 12.4 Å². The largest absolute Gasteiger partial charge is 0.388 e. The Labute approximate surface area is 175 Å². The van der Waals surface area contributed by atoms with Crippen LogP contribution >= 0.6 is 0 Å². The minimum atomic E-state index is 0.500. The lowest BCUT2D eigenvalue weighted by molar-refractivity contribution is 0.506. The zero-order chi connectivity index (χ0) is 21.3. The Balaban J connectivity index is 1.68. The summed E-state index contributed by atoms with van der Waals surface area (Å²) in [5, 5.41) is 17.1. The predicted molar refractivity (Wildman–Crippen MR) is 116 cm³/mol. The molecule has 0 bridgehead atoms. The van der Waals surface area contributed by atoms with Gasteiger partial charge in [0.15, 0.2) is 0 Å². The normalized spacial score (nSPS) is 10.7. The Hall–Kier alpha value is -4.42. The first-order valence-corrected chi connectivity index (χ1v) is 9.10. The molecule has 0 aliphatic heterocycles. The molecule has 146 valence electrons. The third-order valence-corrected chi connectivity index (χ3v) is 4.31. The Morgan fingerprint density at radius 2 is 1.07 bits per heavy atom. The molecule has 0 saturated heterocycles. The van der Waals surface area contributed by atoms with E-state index in [0.29, 0.717) is 11.5 Å². The van der Waals surface area contributed by atoms with E-state index in [4.69, 9.17) is 20.0 Å². The predicted octanol–water partition coefficient (Wildman–Crippen LogP) is 5.52. The van der Waals surface area contributed by atoms with Crippen molar-refractivity contribution in [1.82, 2.24) is 0 Å². The summed E-state index contributed by atoms with van der Waals surface area (Å²) in [6, 6.07) is 18.4. The molecule has 0 saturated carbocycles. The Bertz CT molecular complexity index is 1090. The Morgan fingerprint density at radius 1 is 0.667 bits per heavy atom. The van der Waals surface area contributed by atoms with Crippen LogP contribution in [0.4, 0.5) is 11.4 Å². The molecular formula is C24H18N4O2. The van der Waals surface area contributed by atoms with Gasteiger partial charge < -0.3 is 9.47 Å². The SMILES string of the molecule is Cc1cc(OC#N)ccc1/N=C/c1ccc(/C=N/c2ccc(OC#N)cc2C)cc1. The first-order valence-electron chi connectivity index (χ1n) is 9.10. The number of rotatable bonds is 6. The number of aryl methyl sites for hydroxylation is 2. The van der Waals surface area contributed by atoms with Gasteiger partial charge in [-0.25, -0.2) is 0 Å². The van der Waals surface area contributed by atoms with Crippen molar-refractivity contribution in [2.75, 3.05) is 0 Å². The van der Waals surface area contributed by atoms with Gasteiger partial charge >= 0.3 is 0 Å². The zero-order valence-corrected chi connectivity index (χ0v) is 16.5. The molecule has 0 N–H and O–H groups in total. The van der Waals surface area contributed by atoms with Crippen molar-refractivity contribution in [2.45, 2.75) is 13.8 Å². The number of aliphatic imine (C=N–C) groups is 2. The van der Waals surface area contributed by atoms with Crippen LogP contribution in [0.5, 0.6) is 11.5 Å². The molecule has 0 atom stereocenters. The van der Waals surface area contributed by atoms with Gasteiger partial charge in [0.05, 0.1) is 11.4 Å². The van der Waals surface area contributed by atoms with Gasteiger partial charge in [-0.2, -0.15) is 0 Å². The molecule has 3 aromatic carbocycles. The van der Waals surface area contributed by atoms with E-state index in [1.807, 2.05) is 50.2 Å². The number of nitrogens with zero attached hydrogens (tertiary/aromatic N) is 4. The van der Waals surface area contributed by atoms with Gasteiger partial charge in [-0.1, -0.05) is 24.3 Å². The first-order chi connectivity index (χ1) is 14.6. The molecule has 0 aromatic heterocycles. The van der Waals surface area contributed by atoms with Gasteiger partial charge in [-0.15, -0.1) is 10.5 Å². The fourth-order valence-electron chi connectivity index (χ4n) is 2.73. The molecule has 6 heteroatoms. The van der Waals surface area contributed by atoms with Crippen molar-refractivity contribution >= 4 is 23.8 Å². The Morgan fingerprint density at radius 3 is 1.40 bits per heavy atom. The zero-order valence-electron chi connectivity index (χ0n) is 16.5. The maximum atomic E-state index is 8.57. The van der Waals surface area contributed by atoms with E-state index in [0.717, 1.165) is 33.6 Å². The quantitative estimate of drug-likeness (QED) is 0.406. The molecule has 0 aliphatic carbocycles. The van der Waals surface area contributed by atoms with Crippen molar-refractivity contribution in [2.24, 2.45) is 9.98 Å². The average molecular weight is 394 g/mol. The van der Waals surface area contributed by atoms with Crippen LogP contribution in [0.15, 0.2) is 70.6 Å². The van der Waals surface area contributed by atoms with Crippen LogP contribution in [-0.2, 0) is 0 Å². The highest BCUT2D eigenvalue weighted by atomic mass is 16.5. The van der Waals surface area contributed by atoms with E-state index in [2.05, 4.69) is 9.98 Å². The molecule has 0 heterocycles. The fourth-order valence-corrected chi connectivity index (χ4v) is 2.73. The summed E-state index contributed by atoms with van der Waals surface area (Å²) in [5.74, 6) is 1.00. The third-order valence-electron chi connectivity index (χ3n) is 4.31. The topological polar surface area (TPSA) is 90.8 Å². The molecule has 6 nitrogen and oxygen atoms in total. The molecule has 0 spiro atoms. The van der Waals surface area contributed by atoms with E-state index in [9.17, 15) is 0 Å². The highest BCUT2D eigenvalue weighted by molar-refractivity contribution is 5.86. The lowest BCUT2D eigenvalue weighted by Crippen LogP contribution is -1.87. The van der Waals surface area contributed by atoms with Crippen molar-refractivity contribution in [3.8, 4) is 24.0 Å². The third kappa shape index (κ3) is 5.31. The van der Waals surface area contributed by atoms with Crippen LogP contribution in [0.25, 0.3) is 0 Å². The molecule has 3 rings (SSSR count). The summed E-state index contributed by atoms with van der Waals surface area (Å²) in [6.07, 6.45) is 6.89. The van der Waals surface area contributed by atoms with Gasteiger partial charge in [-0.05, 0) is 72.5 Å². The van der Waals surface area contributed by atoms with Gasteiger partial charge in [-0.3, -0.25) is 9.98 Å². The number of benzene rings is 3.